The van der Waals surface area contributed by atoms with Crippen molar-refractivity contribution in [2.24, 2.45) is 5.16 Å². The Labute approximate surface area is 196 Å². The first-order valence-corrected chi connectivity index (χ1v) is 11.1. The maximum atomic E-state index is 13.3. The lowest BCUT2D eigenvalue weighted by atomic mass is 9.97. The second-order valence-electron chi connectivity index (χ2n) is 8.39. The lowest BCUT2D eigenvalue weighted by Gasteiger charge is -2.12. The highest BCUT2D eigenvalue weighted by Gasteiger charge is 2.34. The van der Waals surface area contributed by atoms with Crippen LogP contribution >= 0.6 is 0 Å². The highest BCUT2D eigenvalue weighted by molar-refractivity contribution is 6.54. The Morgan fingerprint density at radius 1 is 1.00 bits per heavy atom. The highest BCUT2D eigenvalue weighted by atomic mass is 16.7. The molecule has 1 aliphatic heterocycles. The molecule has 0 fully saturated rings. The van der Waals surface area contributed by atoms with Crippen molar-refractivity contribution >= 4 is 50.9 Å². The monoisotopic (exact) mass is 453 g/mol. The summed E-state index contributed by atoms with van der Waals surface area (Å²) >= 11 is 0. The van der Waals surface area contributed by atoms with Gasteiger partial charge in [0.25, 0.3) is 0 Å². The number of aromatic nitrogens is 1. The Bertz CT molecular complexity index is 1560. The van der Waals surface area contributed by atoms with Gasteiger partial charge in [0.2, 0.25) is 11.6 Å². The summed E-state index contributed by atoms with van der Waals surface area (Å²) in [6.07, 6.45) is 0. The van der Waals surface area contributed by atoms with Gasteiger partial charge in [0.1, 0.15) is 0 Å². The lowest BCUT2D eigenvalue weighted by molar-refractivity contribution is -0.140. The van der Waals surface area contributed by atoms with Gasteiger partial charge < -0.3 is 14.3 Å². The number of amidine groups is 1. The van der Waals surface area contributed by atoms with Gasteiger partial charge in [-0.1, -0.05) is 29.4 Å². The van der Waals surface area contributed by atoms with E-state index < -0.39 is 5.97 Å². The second kappa shape index (κ2) is 7.95. The fraction of sp³-hybridized carbons (Fsp3) is 0.185. The number of ketones is 2. The molecule has 1 aromatic heterocycles. The third kappa shape index (κ3) is 3.20. The molecule has 170 valence electrons. The predicted octanol–water partition coefficient (Wildman–Crippen LogP) is 4.86. The smallest absolute Gasteiger partial charge is 0.332 e. The number of rotatable bonds is 4. The average molecular weight is 453 g/mol. The second-order valence-corrected chi connectivity index (χ2v) is 8.39. The molecule has 3 aromatic carbocycles. The molecule has 7 heteroatoms. The van der Waals surface area contributed by atoms with Crippen LogP contribution in [0.15, 0.2) is 59.8 Å². The van der Waals surface area contributed by atoms with E-state index in [1.54, 1.807) is 11.9 Å². The molecular formula is C27H23N3O4. The SMILES string of the molecule is CCn1c2ccc(C(=O)c3ccccc3C)cc2c2cc3c(cc21)N(C)C(=NOC(C)=O)C3=O. The quantitative estimate of drug-likeness (QED) is 0.250. The fourth-order valence-corrected chi connectivity index (χ4v) is 4.65. The van der Waals surface area contributed by atoms with Crippen molar-refractivity contribution < 1.29 is 19.2 Å². The third-order valence-corrected chi connectivity index (χ3v) is 6.34. The average Bonchev–Trinajstić information content (AvgIpc) is 3.26. The lowest BCUT2D eigenvalue weighted by Crippen LogP contribution is -2.26. The topological polar surface area (TPSA) is 81.0 Å². The molecular weight excluding hydrogens is 430 g/mol. The van der Waals surface area contributed by atoms with Crippen molar-refractivity contribution in [3.63, 3.8) is 0 Å². The summed E-state index contributed by atoms with van der Waals surface area (Å²) in [5.41, 5.74) is 5.30. The van der Waals surface area contributed by atoms with Gasteiger partial charge in [-0.05, 0) is 49.7 Å². The molecule has 0 N–H and O–H groups in total. The molecule has 0 atom stereocenters. The number of hydrogen-bond acceptors (Lipinski definition) is 5. The minimum Gasteiger partial charge on any atom is -0.341 e. The first kappa shape index (κ1) is 21.6. The molecule has 34 heavy (non-hydrogen) atoms. The first-order valence-electron chi connectivity index (χ1n) is 11.1. The number of carbonyl (C=O) groups is 3. The Kier molecular flexibility index (Phi) is 5.05. The number of hydrogen-bond donors (Lipinski definition) is 0. The van der Waals surface area contributed by atoms with E-state index >= 15 is 0 Å². The summed E-state index contributed by atoms with van der Waals surface area (Å²) in [7, 11) is 1.72. The number of Topliss-reactive ketones (excluding diaryl/α,β-unsaturated/α-hetero) is 1. The highest BCUT2D eigenvalue weighted by Crippen LogP contribution is 2.38. The Balaban J connectivity index is 1.70. The van der Waals surface area contributed by atoms with Crippen molar-refractivity contribution in [3.8, 4) is 0 Å². The molecule has 7 nitrogen and oxygen atoms in total. The van der Waals surface area contributed by atoms with Crippen LogP contribution in [0.4, 0.5) is 5.69 Å². The molecule has 0 bridgehead atoms. The zero-order chi connectivity index (χ0) is 24.1. The van der Waals surface area contributed by atoms with Crippen LogP contribution in [0.3, 0.4) is 0 Å². The molecule has 2 heterocycles. The molecule has 0 saturated carbocycles. The fourth-order valence-electron chi connectivity index (χ4n) is 4.65. The zero-order valence-electron chi connectivity index (χ0n) is 19.4. The number of nitrogens with zero attached hydrogens (tertiary/aromatic N) is 3. The number of aryl methyl sites for hydroxylation is 2. The number of anilines is 1. The number of benzene rings is 3. The minimum absolute atomic E-state index is 0.0369. The van der Waals surface area contributed by atoms with Crippen molar-refractivity contribution in [2.45, 2.75) is 27.3 Å². The predicted molar refractivity (Wildman–Crippen MR) is 132 cm³/mol. The molecule has 4 aromatic rings. The van der Waals surface area contributed by atoms with Gasteiger partial charge in [-0.15, -0.1) is 0 Å². The zero-order valence-corrected chi connectivity index (χ0v) is 19.4. The van der Waals surface area contributed by atoms with Gasteiger partial charge in [0, 0.05) is 47.9 Å². The van der Waals surface area contributed by atoms with Gasteiger partial charge >= 0.3 is 5.97 Å². The van der Waals surface area contributed by atoms with E-state index in [0.717, 1.165) is 33.9 Å². The van der Waals surface area contributed by atoms with E-state index in [2.05, 4.69) is 16.6 Å². The van der Waals surface area contributed by atoms with Crippen molar-refractivity contribution in [3.05, 3.63) is 76.9 Å². The first-order chi connectivity index (χ1) is 16.3. The molecule has 0 radical (unpaired) electrons. The number of fused-ring (bicyclic) bond motifs is 4. The number of oxime groups is 1. The molecule has 0 unspecified atom stereocenters. The molecule has 0 aliphatic carbocycles. The Morgan fingerprint density at radius 3 is 2.44 bits per heavy atom. The van der Waals surface area contributed by atoms with Gasteiger partial charge in [-0.25, -0.2) is 4.79 Å². The standard InChI is InChI=1S/C27H23N3O4/c1-5-30-22-11-10-17(25(32)18-9-7-6-8-15(18)2)12-19(22)20-13-21-23(14-24(20)30)29(4)27(26(21)33)28-34-16(3)31/h6-14H,5H2,1-4H3. The molecule has 0 saturated heterocycles. The molecule has 0 amide bonds. The summed E-state index contributed by atoms with van der Waals surface area (Å²) < 4.78 is 2.16. The van der Waals surface area contributed by atoms with Gasteiger partial charge in [0.15, 0.2) is 5.78 Å². The van der Waals surface area contributed by atoms with E-state index in [0.29, 0.717) is 22.4 Å². The minimum atomic E-state index is -0.593. The molecule has 5 rings (SSSR count). The summed E-state index contributed by atoms with van der Waals surface area (Å²) in [5.74, 6) is -0.889. The largest absolute Gasteiger partial charge is 0.341 e. The van der Waals surface area contributed by atoms with Crippen LogP contribution in [0, 0.1) is 6.92 Å². The van der Waals surface area contributed by atoms with Crippen molar-refractivity contribution in [1.82, 2.24) is 4.57 Å². The van der Waals surface area contributed by atoms with Gasteiger partial charge in [-0.2, -0.15) is 0 Å². The van der Waals surface area contributed by atoms with Crippen LogP contribution in [0.1, 0.15) is 45.7 Å². The van der Waals surface area contributed by atoms with Gasteiger partial charge in [-0.3, -0.25) is 9.59 Å². The van der Waals surface area contributed by atoms with E-state index in [9.17, 15) is 14.4 Å². The van der Waals surface area contributed by atoms with E-state index in [-0.39, 0.29) is 17.4 Å². The van der Waals surface area contributed by atoms with Crippen LogP contribution < -0.4 is 4.90 Å². The summed E-state index contributed by atoms with van der Waals surface area (Å²) in [6.45, 7) is 5.93. The van der Waals surface area contributed by atoms with Crippen LogP contribution in [0.25, 0.3) is 21.8 Å². The van der Waals surface area contributed by atoms with E-state index in [1.165, 1.54) is 6.92 Å². The number of likely N-dealkylation sites (N-methyl/N-ethyl adjacent to an activating group) is 1. The van der Waals surface area contributed by atoms with E-state index in [1.807, 2.05) is 61.5 Å². The van der Waals surface area contributed by atoms with Crippen LogP contribution in [0.2, 0.25) is 0 Å². The van der Waals surface area contributed by atoms with Crippen molar-refractivity contribution in [2.75, 3.05) is 11.9 Å². The summed E-state index contributed by atoms with van der Waals surface area (Å²) in [5, 5.41) is 5.53. The number of carbonyl (C=O) groups excluding carboxylic acids is 3. The van der Waals surface area contributed by atoms with E-state index in [4.69, 9.17) is 4.84 Å². The van der Waals surface area contributed by atoms with Crippen LogP contribution in [-0.4, -0.2) is 35.0 Å². The maximum absolute atomic E-state index is 13.3. The van der Waals surface area contributed by atoms with Crippen molar-refractivity contribution in [1.29, 1.82) is 0 Å². The third-order valence-electron chi connectivity index (χ3n) is 6.34. The normalized spacial score (nSPS) is 14.3. The Hall–Kier alpha value is -4.26. The molecule has 0 spiro atoms. The van der Waals surface area contributed by atoms with Crippen LogP contribution in [0.5, 0.6) is 0 Å². The molecule has 1 aliphatic rings. The van der Waals surface area contributed by atoms with Crippen LogP contribution in [-0.2, 0) is 16.2 Å². The Morgan fingerprint density at radius 2 is 1.74 bits per heavy atom. The summed E-state index contributed by atoms with van der Waals surface area (Å²) in [4.78, 5) is 43.8. The summed E-state index contributed by atoms with van der Waals surface area (Å²) in [6, 6.07) is 17.1. The van der Waals surface area contributed by atoms with Gasteiger partial charge in [0.05, 0.1) is 16.8 Å². The maximum Gasteiger partial charge on any atom is 0.332 e.